The van der Waals surface area contributed by atoms with Gasteiger partial charge >= 0.3 is 0 Å². The summed E-state index contributed by atoms with van der Waals surface area (Å²) in [6, 6.07) is 5.91. The first-order chi connectivity index (χ1) is 13.3. The van der Waals surface area contributed by atoms with Gasteiger partial charge in [0.1, 0.15) is 0 Å². The van der Waals surface area contributed by atoms with E-state index >= 15 is 0 Å². The van der Waals surface area contributed by atoms with Crippen LogP contribution in [0.15, 0.2) is 29.2 Å². The number of nitrogens with one attached hydrogen (secondary N) is 3. The van der Waals surface area contributed by atoms with Crippen molar-refractivity contribution in [2.24, 2.45) is 0 Å². The van der Waals surface area contributed by atoms with Crippen molar-refractivity contribution in [3.63, 3.8) is 0 Å². The molecule has 0 radical (unpaired) electrons. The Morgan fingerprint density at radius 3 is 2.79 bits per heavy atom. The second kappa shape index (κ2) is 10.5. The van der Waals surface area contributed by atoms with Gasteiger partial charge in [-0.25, -0.2) is 13.1 Å². The van der Waals surface area contributed by atoms with Crippen LogP contribution in [-0.4, -0.2) is 52.1 Å². The van der Waals surface area contributed by atoms with Crippen LogP contribution >= 0.6 is 0 Å². The van der Waals surface area contributed by atoms with E-state index in [-0.39, 0.29) is 48.0 Å². The van der Waals surface area contributed by atoms with Crippen molar-refractivity contribution in [1.82, 2.24) is 15.4 Å². The molecule has 1 aromatic rings. The molecule has 1 aliphatic rings. The lowest BCUT2D eigenvalue weighted by molar-refractivity contribution is -0.121. The minimum absolute atomic E-state index is 0.0210. The summed E-state index contributed by atoms with van der Waals surface area (Å²) in [6.45, 7) is 4.93. The molecule has 1 aromatic carbocycles. The maximum atomic E-state index is 12.4. The lowest BCUT2D eigenvalue weighted by Crippen LogP contribution is -2.35. The van der Waals surface area contributed by atoms with E-state index in [0.717, 1.165) is 19.3 Å². The zero-order valence-electron chi connectivity index (χ0n) is 16.4. The quantitative estimate of drug-likeness (QED) is 0.535. The molecule has 1 aliphatic heterocycles. The fourth-order valence-electron chi connectivity index (χ4n) is 2.74. The summed E-state index contributed by atoms with van der Waals surface area (Å²) < 4.78 is 32.8. The van der Waals surface area contributed by atoms with Gasteiger partial charge in [-0.15, -0.1) is 0 Å². The molecule has 1 fully saturated rings. The van der Waals surface area contributed by atoms with Crippen LogP contribution in [0.25, 0.3) is 0 Å². The van der Waals surface area contributed by atoms with Crippen molar-refractivity contribution in [2.75, 3.05) is 19.7 Å². The van der Waals surface area contributed by atoms with Crippen LogP contribution in [0.5, 0.6) is 0 Å². The van der Waals surface area contributed by atoms with Crippen molar-refractivity contribution in [1.29, 1.82) is 0 Å². The van der Waals surface area contributed by atoms with E-state index in [0.29, 0.717) is 6.61 Å². The molecule has 0 aromatic heterocycles. The van der Waals surface area contributed by atoms with Crippen molar-refractivity contribution in [2.45, 2.75) is 56.6 Å². The van der Waals surface area contributed by atoms with Gasteiger partial charge in [0.05, 0.1) is 11.0 Å². The molecule has 1 saturated heterocycles. The monoisotopic (exact) mass is 411 g/mol. The second-order valence-corrected chi connectivity index (χ2v) is 8.66. The molecule has 1 heterocycles. The van der Waals surface area contributed by atoms with Crippen LogP contribution in [0, 0.1) is 0 Å². The van der Waals surface area contributed by atoms with Crippen LogP contribution in [0.2, 0.25) is 0 Å². The van der Waals surface area contributed by atoms with Gasteiger partial charge in [-0.3, -0.25) is 9.59 Å². The van der Waals surface area contributed by atoms with E-state index in [4.69, 9.17) is 4.74 Å². The van der Waals surface area contributed by atoms with Gasteiger partial charge in [0.25, 0.3) is 5.91 Å². The Balaban J connectivity index is 1.88. The summed E-state index contributed by atoms with van der Waals surface area (Å²) in [5.41, 5.74) is 0.224. The Labute approximate surface area is 166 Å². The molecule has 2 unspecified atom stereocenters. The van der Waals surface area contributed by atoms with Crippen LogP contribution < -0.4 is 15.4 Å². The zero-order valence-corrected chi connectivity index (χ0v) is 17.2. The highest BCUT2D eigenvalue weighted by Crippen LogP contribution is 2.14. The average molecular weight is 412 g/mol. The van der Waals surface area contributed by atoms with Crippen LogP contribution in [0.4, 0.5) is 0 Å². The van der Waals surface area contributed by atoms with Crippen molar-refractivity contribution in [3.05, 3.63) is 29.8 Å². The first kappa shape index (κ1) is 22.3. The lowest BCUT2D eigenvalue weighted by atomic mass is 10.2. The molecule has 0 aliphatic carbocycles. The number of ether oxygens (including phenoxy) is 1. The second-order valence-electron chi connectivity index (χ2n) is 6.90. The molecule has 0 spiro atoms. The highest BCUT2D eigenvalue weighted by Gasteiger charge is 2.21. The highest BCUT2D eigenvalue weighted by atomic mass is 32.2. The topological polar surface area (TPSA) is 114 Å². The third kappa shape index (κ3) is 6.88. The SMILES string of the molecule is CCC(C)NC(=O)CCNC(=O)c1cccc(S(=O)(=O)NCC2CCCO2)c1. The van der Waals surface area contributed by atoms with E-state index in [1.807, 2.05) is 13.8 Å². The van der Waals surface area contributed by atoms with Gasteiger partial charge in [-0.05, 0) is 44.4 Å². The molecule has 8 nitrogen and oxygen atoms in total. The van der Waals surface area contributed by atoms with Gasteiger partial charge in [0, 0.05) is 37.7 Å². The molecular formula is C19H29N3O5S. The number of sulfonamides is 1. The first-order valence-corrected chi connectivity index (χ1v) is 11.1. The first-order valence-electron chi connectivity index (χ1n) is 9.60. The Bertz CT molecular complexity index is 776. The molecule has 2 rings (SSSR count). The van der Waals surface area contributed by atoms with E-state index < -0.39 is 15.9 Å². The molecule has 3 N–H and O–H groups in total. The Morgan fingerprint density at radius 1 is 1.32 bits per heavy atom. The molecule has 0 bridgehead atoms. The lowest BCUT2D eigenvalue weighted by Gasteiger charge is -2.13. The summed E-state index contributed by atoms with van der Waals surface area (Å²) in [4.78, 5) is 24.0. The van der Waals surface area contributed by atoms with Gasteiger partial charge < -0.3 is 15.4 Å². The standard InChI is InChI=1S/C19H29N3O5S/c1-3-14(2)22-18(23)9-10-20-19(24)15-6-4-8-17(12-15)28(25,26)21-13-16-7-5-11-27-16/h4,6,8,12,14,16,21H,3,5,7,9-11,13H2,1-2H3,(H,20,24)(H,22,23). The Morgan fingerprint density at radius 2 is 2.11 bits per heavy atom. The summed E-state index contributed by atoms with van der Waals surface area (Å²) in [5, 5.41) is 5.46. The number of benzene rings is 1. The van der Waals surface area contributed by atoms with E-state index in [1.54, 1.807) is 0 Å². The predicted molar refractivity (Wildman–Crippen MR) is 105 cm³/mol. The number of carbonyl (C=O) groups is 2. The van der Waals surface area contributed by atoms with Gasteiger partial charge in [0.2, 0.25) is 15.9 Å². The molecule has 28 heavy (non-hydrogen) atoms. The number of hydrogen-bond acceptors (Lipinski definition) is 5. The average Bonchev–Trinajstić information content (AvgIpc) is 3.20. The molecule has 2 atom stereocenters. The van der Waals surface area contributed by atoms with E-state index in [2.05, 4.69) is 15.4 Å². The van der Waals surface area contributed by atoms with E-state index in [9.17, 15) is 18.0 Å². The maximum Gasteiger partial charge on any atom is 0.251 e. The minimum atomic E-state index is -3.73. The van der Waals surface area contributed by atoms with Gasteiger partial charge in [-0.1, -0.05) is 13.0 Å². The maximum absolute atomic E-state index is 12.4. The third-order valence-corrected chi connectivity index (χ3v) is 6.01. The number of rotatable bonds is 10. The summed E-state index contributed by atoms with van der Waals surface area (Å²) in [5.74, 6) is -0.558. The third-order valence-electron chi connectivity index (χ3n) is 4.59. The van der Waals surface area contributed by atoms with Crippen LogP contribution in [0.3, 0.4) is 0 Å². The normalized spacial score (nSPS) is 17.9. The zero-order chi connectivity index (χ0) is 20.6. The van der Waals surface area contributed by atoms with Crippen molar-refractivity contribution in [3.8, 4) is 0 Å². The van der Waals surface area contributed by atoms with Crippen molar-refractivity contribution >= 4 is 21.8 Å². The molecule has 9 heteroatoms. The highest BCUT2D eigenvalue weighted by molar-refractivity contribution is 7.89. The molecule has 156 valence electrons. The molecular weight excluding hydrogens is 382 g/mol. The smallest absolute Gasteiger partial charge is 0.251 e. The summed E-state index contributed by atoms with van der Waals surface area (Å²) >= 11 is 0. The summed E-state index contributed by atoms with van der Waals surface area (Å²) in [6.07, 6.45) is 2.65. The minimum Gasteiger partial charge on any atom is -0.377 e. The summed E-state index contributed by atoms with van der Waals surface area (Å²) in [7, 11) is -3.73. The number of amides is 2. The van der Waals surface area contributed by atoms with Crippen LogP contribution in [-0.2, 0) is 19.6 Å². The fraction of sp³-hybridized carbons (Fsp3) is 0.579. The Hall–Kier alpha value is -1.97. The Kier molecular flexibility index (Phi) is 8.40. The van der Waals surface area contributed by atoms with Gasteiger partial charge in [-0.2, -0.15) is 0 Å². The fourth-order valence-corrected chi connectivity index (χ4v) is 3.85. The largest absolute Gasteiger partial charge is 0.377 e. The van der Waals surface area contributed by atoms with E-state index in [1.165, 1.54) is 24.3 Å². The van der Waals surface area contributed by atoms with Crippen molar-refractivity contribution < 1.29 is 22.7 Å². The van der Waals surface area contributed by atoms with Crippen LogP contribution in [0.1, 0.15) is 49.9 Å². The van der Waals surface area contributed by atoms with Gasteiger partial charge in [0.15, 0.2) is 0 Å². The predicted octanol–water partition coefficient (Wildman–Crippen LogP) is 1.18. The number of carbonyl (C=O) groups excluding carboxylic acids is 2. The number of hydrogen-bond donors (Lipinski definition) is 3. The molecule has 0 saturated carbocycles. The molecule has 2 amide bonds.